The lowest BCUT2D eigenvalue weighted by Gasteiger charge is -2.11. The fourth-order valence-electron chi connectivity index (χ4n) is 3.27. The summed E-state index contributed by atoms with van der Waals surface area (Å²) >= 11 is 0. The molecule has 0 aromatic heterocycles. The second-order valence-corrected chi connectivity index (χ2v) is 8.04. The third-order valence-corrected chi connectivity index (χ3v) is 5.60. The van der Waals surface area contributed by atoms with Crippen LogP contribution in [0.25, 0.3) is 10.8 Å². The number of hydrogen-bond acceptors (Lipinski definition) is 2. The lowest BCUT2D eigenvalue weighted by molar-refractivity contribution is 0.573. The molecule has 0 saturated heterocycles. The molecule has 0 spiro atoms. The van der Waals surface area contributed by atoms with Gasteiger partial charge in [0.15, 0.2) is 0 Å². The molecule has 0 unspecified atom stereocenters. The van der Waals surface area contributed by atoms with Crippen molar-refractivity contribution in [1.82, 2.24) is 0 Å². The Morgan fingerprint density at radius 2 is 1.46 bits per heavy atom. The van der Waals surface area contributed by atoms with Crippen molar-refractivity contribution in [2.75, 3.05) is 0 Å². The van der Waals surface area contributed by atoms with E-state index in [4.69, 9.17) is 5.14 Å². The first-order valence-corrected chi connectivity index (χ1v) is 10.6. The summed E-state index contributed by atoms with van der Waals surface area (Å²) in [6, 6.07) is 11.4. The third kappa shape index (κ3) is 5.32. The molecule has 0 bridgehead atoms. The Morgan fingerprint density at radius 3 is 2.12 bits per heavy atom. The highest BCUT2D eigenvalue weighted by atomic mass is 32.2. The predicted octanol–water partition coefficient (Wildman–Crippen LogP) is 5.17. The van der Waals surface area contributed by atoms with Crippen LogP contribution in [0.4, 0.5) is 0 Å². The molecular formula is C20H29NO2S. The van der Waals surface area contributed by atoms with E-state index in [9.17, 15) is 8.42 Å². The van der Waals surface area contributed by atoms with Gasteiger partial charge < -0.3 is 0 Å². The Labute approximate surface area is 146 Å². The summed E-state index contributed by atoms with van der Waals surface area (Å²) in [5.41, 5.74) is 0.849. The van der Waals surface area contributed by atoms with Gasteiger partial charge in [-0.15, -0.1) is 0 Å². The van der Waals surface area contributed by atoms with Gasteiger partial charge in [-0.2, -0.15) is 0 Å². The first-order valence-electron chi connectivity index (χ1n) is 9.07. The van der Waals surface area contributed by atoms with E-state index in [0.29, 0.717) is 4.90 Å². The zero-order chi connectivity index (χ0) is 17.4. The van der Waals surface area contributed by atoms with Gasteiger partial charge in [-0.05, 0) is 23.8 Å². The second-order valence-electron chi connectivity index (χ2n) is 6.54. The summed E-state index contributed by atoms with van der Waals surface area (Å²) in [6.45, 7) is 2.23. The smallest absolute Gasteiger partial charge is 0.225 e. The van der Waals surface area contributed by atoms with E-state index in [-0.39, 0.29) is 0 Å². The Hall–Kier alpha value is -1.39. The quantitative estimate of drug-likeness (QED) is 0.603. The summed E-state index contributed by atoms with van der Waals surface area (Å²) in [4.78, 5) is 0.309. The van der Waals surface area contributed by atoms with Crippen LogP contribution in [0.15, 0.2) is 41.3 Å². The highest BCUT2D eigenvalue weighted by molar-refractivity contribution is 7.89. The maximum atomic E-state index is 12.1. The van der Waals surface area contributed by atoms with Gasteiger partial charge in [-0.25, -0.2) is 13.6 Å². The van der Waals surface area contributed by atoms with Gasteiger partial charge in [0.05, 0.1) is 4.90 Å². The van der Waals surface area contributed by atoms with E-state index >= 15 is 0 Å². The van der Waals surface area contributed by atoms with Crippen molar-refractivity contribution in [2.45, 2.75) is 69.6 Å². The Balaban J connectivity index is 1.99. The lowest BCUT2D eigenvalue weighted by atomic mass is 10.0. The fraction of sp³-hybridized carbons (Fsp3) is 0.500. The summed E-state index contributed by atoms with van der Waals surface area (Å²) in [5.74, 6) is 0. The number of sulfonamides is 1. The van der Waals surface area contributed by atoms with Crippen LogP contribution in [0, 0.1) is 0 Å². The van der Waals surface area contributed by atoms with Gasteiger partial charge in [0.2, 0.25) is 10.0 Å². The summed E-state index contributed by atoms with van der Waals surface area (Å²) in [5, 5.41) is 7.15. The number of unbranched alkanes of at least 4 members (excludes halogenated alkanes) is 7. The molecule has 0 heterocycles. The van der Waals surface area contributed by atoms with Crippen LogP contribution in [-0.4, -0.2) is 8.42 Å². The average Bonchev–Trinajstić information content (AvgIpc) is 2.55. The van der Waals surface area contributed by atoms with Crippen molar-refractivity contribution in [3.05, 3.63) is 42.0 Å². The molecule has 2 aromatic carbocycles. The van der Waals surface area contributed by atoms with Crippen LogP contribution in [0.5, 0.6) is 0 Å². The summed E-state index contributed by atoms with van der Waals surface area (Å²) in [7, 11) is -3.72. The molecule has 2 rings (SSSR count). The van der Waals surface area contributed by atoms with E-state index in [2.05, 4.69) is 6.92 Å². The van der Waals surface area contributed by atoms with Gasteiger partial charge in [0.1, 0.15) is 0 Å². The molecule has 0 fully saturated rings. The van der Waals surface area contributed by atoms with Crippen molar-refractivity contribution in [3.8, 4) is 0 Å². The SMILES string of the molecule is CCCCCCCCCCc1ccc2ccccc2c1S(N)(=O)=O. The van der Waals surface area contributed by atoms with Crippen LogP contribution in [-0.2, 0) is 16.4 Å². The third-order valence-electron chi connectivity index (χ3n) is 4.55. The molecule has 132 valence electrons. The molecule has 0 aliphatic rings. The lowest BCUT2D eigenvalue weighted by Crippen LogP contribution is -2.15. The number of nitrogens with two attached hydrogens (primary N) is 1. The first kappa shape index (κ1) is 18.9. The monoisotopic (exact) mass is 347 g/mol. The van der Waals surface area contributed by atoms with Crippen molar-refractivity contribution in [3.63, 3.8) is 0 Å². The Bertz CT molecular complexity index is 753. The number of rotatable bonds is 10. The minimum Gasteiger partial charge on any atom is -0.225 e. The van der Waals surface area contributed by atoms with E-state index in [1.165, 1.54) is 38.5 Å². The number of aryl methyl sites for hydroxylation is 1. The molecule has 0 amide bonds. The van der Waals surface area contributed by atoms with Crippen molar-refractivity contribution >= 4 is 20.8 Å². The molecule has 2 N–H and O–H groups in total. The zero-order valence-electron chi connectivity index (χ0n) is 14.6. The van der Waals surface area contributed by atoms with Crippen molar-refractivity contribution < 1.29 is 8.42 Å². The van der Waals surface area contributed by atoms with Crippen molar-refractivity contribution in [1.29, 1.82) is 0 Å². The normalized spacial score (nSPS) is 11.9. The second kappa shape index (κ2) is 9.19. The maximum absolute atomic E-state index is 12.1. The van der Waals surface area contributed by atoms with Crippen LogP contribution in [0.3, 0.4) is 0 Å². The molecular weight excluding hydrogens is 318 g/mol. The molecule has 0 aliphatic heterocycles. The van der Waals surface area contributed by atoms with E-state index in [1.54, 1.807) is 0 Å². The minimum absolute atomic E-state index is 0.309. The first-order chi connectivity index (χ1) is 11.5. The van der Waals surface area contributed by atoms with Gasteiger partial charge in [0.25, 0.3) is 0 Å². The number of benzene rings is 2. The molecule has 3 nitrogen and oxygen atoms in total. The highest BCUT2D eigenvalue weighted by Crippen LogP contribution is 2.27. The molecule has 0 aliphatic carbocycles. The fourth-order valence-corrected chi connectivity index (χ4v) is 4.30. The topological polar surface area (TPSA) is 60.2 Å². The summed E-state index contributed by atoms with van der Waals surface area (Å²) < 4.78 is 24.2. The average molecular weight is 348 g/mol. The van der Waals surface area contributed by atoms with Crippen LogP contribution < -0.4 is 5.14 Å². The predicted molar refractivity (Wildman–Crippen MR) is 102 cm³/mol. The Morgan fingerprint density at radius 1 is 0.833 bits per heavy atom. The molecule has 4 heteroatoms. The standard InChI is InChI=1S/C20H29NO2S/c1-2-3-4-5-6-7-8-9-13-18-16-15-17-12-10-11-14-19(17)20(18)24(21,22)23/h10-12,14-16H,2-9,13H2,1H3,(H2,21,22,23). The largest absolute Gasteiger partial charge is 0.238 e. The van der Waals surface area contributed by atoms with E-state index in [0.717, 1.165) is 35.6 Å². The van der Waals surface area contributed by atoms with E-state index < -0.39 is 10.0 Å². The van der Waals surface area contributed by atoms with Crippen LogP contribution >= 0.6 is 0 Å². The molecule has 24 heavy (non-hydrogen) atoms. The number of primary sulfonamides is 1. The van der Waals surface area contributed by atoms with Crippen LogP contribution in [0.1, 0.15) is 63.9 Å². The number of hydrogen-bond donors (Lipinski definition) is 1. The van der Waals surface area contributed by atoms with Gasteiger partial charge in [-0.1, -0.05) is 88.3 Å². The number of fused-ring (bicyclic) bond motifs is 1. The van der Waals surface area contributed by atoms with Gasteiger partial charge in [0, 0.05) is 5.39 Å². The summed E-state index contributed by atoms with van der Waals surface area (Å²) in [6.07, 6.45) is 10.7. The van der Waals surface area contributed by atoms with Gasteiger partial charge >= 0.3 is 0 Å². The molecule has 0 radical (unpaired) electrons. The van der Waals surface area contributed by atoms with Crippen molar-refractivity contribution in [2.24, 2.45) is 5.14 Å². The van der Waals surface area contributed by atoms with Crippen LogP contribution in [0.2, 0.25) is 0 Å². The molecule has 0 saturated carbocycles. The molecule has 0 atom stereocenters. The highest BCUT2D eigenvalue weighted by Gasteiger charge is 2.17. The van der Waals surface area contributed by atoms with Gasteiger partial charge in [-0.3, -0.25) is 0 Å². The van der Waals surface area contributed by atoms with E-state index in [1.807, 2.05) is 36.4 Å². The minimum atomic E-state index is -3.72. The molecule has 2 aromatic rings. The maximum Gasteiger partial charge on any atom is 0.238 e. The Kier molecular flexibility index (Phi) is 7.25. The zero-order valence-corrected chi connectivity index (χ0v) is 15.4.